The third kappa shape index (κ3) is 4.23. The van der Waals surface area contributed by atoms with Gasteiger partial charge in [0.1, 0.15) is 17.5 Å². The lowest BCUT2D eigenvalue weighted by Crippen LogP contribution is -2.36. The SMILES string of the molecule is CC1(C)CC(Oc2cccc(C#CCCO)c2)C(C)(C)O1. The highest BCUT2D eigenvalue weighted by molar-refractivity contribution is 5.40. The normalized spacial score (nSPS) is 22.4. The van der Waals surface area contributed by atoms with E-state index in [4.69, 9.17) is 14.6 Å². The number of rotatable bonds is 3. The number of benzene rings is 1. The molecule has 0 amide bonds. The van der Waals surface area contributed by atoms with Crippen LogP contribution in [0.1, 0.15) is 46.1 Å². The van der Waals surface area contributed by atoms with Gasteiger partial charge in [-0.15, -0.1) is 0 Å². The summed E-state index contributed by atoms with van der Waals surface area (Å²) < 4.78 is 12.2. The van der Waals surface area contributed by atoms with Crippen molar-refractivity contribution < 1.29 is 14.6 Å². The van der Waals surface area contributed by atoms with Gasteiger partial charge in [-0.05, 0) is 45.9 Å². The van der Waals surface area contributed by atoms with E-state index in [-0.39, 0.29) is 23.9 Å². The second kappa shape index (κ2) is 6.09. The quantitative estimate of drug-likeness (QED) is 0.868. The predicted molar refractivity (Wildman–Crippen MR) is 83.3 cm³/mol. The first-order valence-corrected chi connectivity index (χ1v) is 7.39. The molecule has 3 nitrogen and oxygen atoms in total. The Labute approximate surface area is 127 Å². The fraction of sp³-hybridized carbons (Fsp3) is 0.556. The van der Waals surface area contributed by atoms with Gasteiger partial charge in [0.15, 0.2) is 0 Å². The highest BCUT2D eigenvalue weighted by Crippen LogP contribution is 2.39. The van der Waals surface area contributed by atoms with Gasteiger partial charge in [-0.2, -0.15) is 0 Å². The van der Waals surface area contributed by atoms with Crippen molar-refractivity contribution in [3.05, 3.63) is 29.8 Å². The van der Waals surface area contributed by atoms with Crippen LogP contribution in [0.25, 0.3) is 0 Å². The average molecular weight is 288 g/mol. The lowest BCUT2D eigenvalue weighted by atomic mass is 9.97. The molecule has 21 heavy (non-hydrogen) atoms. The summed E-state index contributed by atoms with van der Waals surface area (Å²) in [5.74, 6) is 6.76. The summed E-state index contributed by atoms with van der Waals surface area (Å²) in [4.78, 5) is 0. The lowest BCUT2D eigenvalue weighted by Gasteiger charge is -2.27. The Morgan fingerprint density at radius 3 is 2.71 bits per heavy atom. The number of hydrogen-bond donors (Lipinski definition) is 1. The molecule has 1 aromatic carbocycles. The van der Waals surface area contributed by atoms with Crippen LogP contribution in [-0.4, -0.2) is 29.0 Å². The van der Waals surface area contributed by atoms with E-state index in [2.05, 4.69) is 39.5 Å². The van der Waals surface area contributed by atoms with Crippen LogP contribution in [0.2, 0.25) is 0 Å². The maximum absolute atomic E-state index is 8.75. The van der Waals surface area contributed by atoms with Crippen molar-refractivity contribution in [1.82, 2.24) is 0 Å². The molecular formula is C18H24O3. The summed E-state index contributed by atoms with van der Waals surface area (Å²) >= 11 is 0. The Kier molecular flexibility index (Phi) is 4.61. The molecule has 1 aliphatic rings. The summed E-state index contributed by atoms with van der Waals surface area (Å²) in [5, 5.41) is 8.75. The van der Waals surface area contributed by atoms with E-state index in [1.165, 1.54) is 0 Å². The van der Waals surface area contributed by atoms with Gasteiger partial charge >= 0.3 is 0 Å². The molecule has 1 heterocycles. The Morgan fingerprint density at radius 1 is 1.33 bits per heavy atom. The van der Waals surface area contributed by atoms with Crippen LogP contribution in [0.15, 0.2) is 24.3 Å². The molecule has 1 saturated heterocycles. The van der Waals surface area contributed by atoms with Crippen LogP contribution in [0.3, 0.4) is 0 Å². The maximum Gasteiger partial charge on any atom is 0.130 e. The second-order valence-electron chi connectivity index (χ2n) is 6.58. The van der Waals surface area contributed by atoms with Crippen molar-refractivity contribution in [2.75, 3.05) is 6.61 Å². The van der Waals surface area contributed by atoms with Crippen molar-refractivity contribution in [1.29, 1.82) is 0 Å². The van der Waals surface area contributed by atoms with Crippen LogP contribution in [0, 0.1) is 11.8 Å². The zero-order chi connectivity index (χ0) is 15.5. The Balaban J connectivity index is 2.10. The third-order valence-corrected chi connectivity index (χ3v) is 3.57. The van der Waals surface area contributed by atoms with Crippen LogP contribution in [-0.2, 0) is 4.74 Å². The highest BCUT2D eigenvalue weighted by atomic mass is 16.6. The van der Waals surface area contributed by atoms with Gasteiger partial charge < -0.3 is 14.6 Å². The topological polar surface area (TPSA) is 38.7 Å². The molecule has 1 atom stereocenters. The van der Waals surface area contributed by atoms with Crippen molar-refractivity contribution in [3.63, 3.8) is 0 Å². The van der Waals surface area contributed by atoms with Gasteiger partial charge in [0.05, 0.1) is 12.2 Å². The minimum Gasteiger partial charge on any atom is -0.487 e. The van der Waals surface area contributed by atoms with E-state index >= 15 is 0 Å². The van der Waals surface area contributed by atoms with E-state index in [9.17, 15) is 0 Å². The molecule has 114 valence electrons. The van der Waals surface area contributed by atoms with E-state index in [1.807, 2.05) is 24.3 Å². The Bertz CT molecular complexity index is 549. The summed E-state index contributed by atoms with van der Waals surface area (Å²) in [7, 11) is 0. The smallest absolute Gasteiger partial charge is 0.130 e. The summed E-state index contributed by atoms with van der Waals surface area (Å²) in [6.45, 7) is 8.41. The molecule has 2 rings (SSSR count). The van der Waals surface area contributed by atoms with Gasteiger partial charge in [0, 0.05) is 18.4 Å². The molecule has 0 aromatic heterocycles. The van der Waals surface area contributed by atoms with Crippen molar-refractivity contribution in [2.24, 2.45) is 0 Å². The summed E-state index contributed by atoms with van der Waals surface area (Å²) in [5.41, 5.74) is 0.436. The molecule has 1 aliphatic heterocycles. The van der Waals surface area contributed by atoms with Crippen molar-refractivity contribution >= 4 is 0 Å². The number of aliphatic hydroxyl groups excluding tert-OH is 1. The van der Waals surface area contributed by atoms with Crippen molar-refractivity contribution in [2.45, 2.75) is 57.8 Å². The zero-order valence-electron chi connectivity index (χ0n) is 13.3. The molecule has 0 aliphatic carbocycles. The summed E-state index contributed by atoms with van der Waals surface area (Å²) in [6, 6.07) is 7.76. The fourth-order valence-corrected chi connectivity index (χ4v) is 2.73. The zero-order valence-corrected chi connectivity index (χ0v) is 13.3. The Morgan fingerprint density at radius 2 is 2.10 bits per heavy atom. The summed E-state index contributed by atoms with van der Waals surface area (Å²) in [6.07, 6.45) is 1.37. The first-order valence-electron chi connectivity index (χ1n) is 7.39. The predicted octanol–water partition coefficient (Wildman–Crippen LogP) is 3.15. The van der Waals surface area contributed by atoms with E-state index in [0.29, 0.717) is 6.42 Å². The minimum absolute atomic E-state index is 0.0214. The van der Waals surface area contributed by atoms with Crippen LogP contribution in [0.5, 0.6) is 5.75 Å². The molecule has 1 fully saturated rings. The highest BCUT2D eigenvalue weighted by Gasteiger charge is 2.47. The molecule has 1 aromatic rings. The monoisotopic (exact) mass is 288 g/mol. The Hall–Kier alpha value is -1.50. The van der Waals surface area contributed by atoms with Gasteiger partial charge in [0.25, 0.3) is 0 Å². The molecule has 3 heteroatoms. The largest absolute Gasteiger partial charge is 0.487 e. The molecule has 0 bridgehead atoms. The van der Waals surface area contributed by atoms with Gasteiger partial charge in [0.2, 0.25) is 0 Å². The van der Waals surface area contributed by atoms with E-state index in [1.54, 1.807) is 0 Å². The van der Waals surface area contributed by atoms with Gasteiger partial charge in [-0.3, -0.25) is 0 Å². The number of hydrogen-bond acceptors (Lipinski definition) is 3. The van der Waals surface area contributed by atoms with Crippen molar-refractivity contribution in [3.8, 4) is 17.6 Å². The molecule has 0 saturated carbocycles. The standard InChI is InChI=1S/C18H24O3/c1-17(2)13-16(18(3,4)21-17)20-15-10-7-9-14(12-15)8-5-6-11-19/h7,9-10,12,16,19H,6,11,13H2,1-4H3. The number of aliphatic hydroxyl groups is 1. The molecule has 1 unspecified atom stereocenters. The first kappa shape index (κ1) is 15.9. The van der Waals surface area contributed by atoms with Gasteiger partial charge in [-0.1, -0.05) is 17.9 Å². The van der Waals surface area contributed by atoms with E-state index < -0.39 is 0 Å². The molecule has 0 spiro atoms. The second-order valence-corrected chi connectivity index (χ2v) is 6.58. The third-order valence-electron chi connectivity index (χ3n) is 3.57. The van der Waals surface area contributed by atoms with Crippen LogP contribution >= 0.6 is 0 Å². The molecule has 1 N–H and O–H groups in total. The molecule has 0 radical (unpaired) electrons. The molecular weight excluding hydrogens is 264 g/mol. The number of ether oxygens (including phenoxy) is 2. The first-order chi connectivity index (χ1) is 9.82. The average Bonchev–Trinajstić information content (AvgIpc) is 2.58. The fourth-order valence-electron chi connectivity index (χ4n) is 2.73. The van der Waals surface area contributed by atoms with E-state index in [0.717, 1.165) is 17.7 Å². The van der Waals surface area contributed by atoms with Gasteiger partial charge in [-0.25, -0.2) is 0 Å². The maximum atomic E-state index is 8.75. The lowest BCUT2D eigenvalue weighted by molar-refractivity contribution is -0.0846. The minimum atomic E-state index is -0.304. The van der Waals surface area contributed by atoms with Crippen LogP contribution < -0.4 is 4.74 Å². The van der Waals surface area contributed by atoms with Crippen LogP contribution in [0.4, 0.5) is 0 Å².